The van der Waals surface area contributed by atoms with E-state index in [1.54, 1.807) is 35.0 Å². The number of nitrogens with zero attached hydrogens (tertiary/aromatic N) is 3. The molecule has 0 aliphatic rings. The second-order valence-electron chi connectivity index (χ2n) is 6.01. The molecule has 7 heteroatoms. The summed E-state index contributed by atoms with van der Waals surface area (Å²) in [7, 11) is 1.68. The fraction of sp³-hybridized carbons (Fsp3) is 0.316. The third-order valence-electron chi connectivity index (χ3n) is 4.13. The molecule has 0 atom stereocenters. The van der Waals surface area contributed by atoms with E-state index in [0.717, 1.165) is 12.0 Å². The topological polar surface area (TPSA) is 92.7 Å². The lowest BCUT2D eigenvalue weighted by Crippen LogP contribution is -2.42. The zero-order valence-electron chi connectivity index (χ0n) is 14.9. The number of amides is 1. The highest BCUT2D eigenvalue weighted by molar-refractivity contribution is 5.82. The number of benzene rings is 2. The van der Waals surface area contributed by atoms with E-state index in [1.807, 2.05) is 30.3 Å². The van der Waals surface area contributed by atoms with E-state index < -0.39 is 4.92 Å². The van der Waals surface area contributed by atoms with Crippen LogP contribution in [-0.2, 0) is 11.2 Å². The van der Waals surface area contributed by atoms with E-state index in [0.29, 0.717) is 25.3 Å². The van der Waals surface area contributed by atoms with Crippen LogP contribution in [0.5, 0.6) is 0 Å². The van der Waals surface area contributed by atoms with E-state index in [4.69, 9.17) is 5.73 Å². The van der Waals surface area contributed by atoms with Crippen LogP contribution in [0, 0.1) is 10.1 Å². The predicted octanol–water partition coefficient (Wildman–Crippen LogP) is 2.06. The Balaban J connectivity index is 2.03. The smallest absolute Gasteiger partial charge is 0.292 e. The van der Waals surface area contributed by atoms with E-state index in [9.17, 15) is 14.9 Å². The highest BCUT2D eigenvalue weighted by Gasteiger charge is 2.20. The molecule has 2 aromatic rings. The zero-order valence-corrected chi connectivity index (χ0v) is 14.9. The molecule has 2 rings (SSSR count). The lowest BCUT2D eigenvalue weighted by Gasteiger charge is -2.26. The van der Waals surface area contributed by atoms with Crippen LogP contribution in [0.15, 0.2) is 54.6 Å². The molecule has 2 aromatic carbocycles. The monoisotopic (exact) mass is 356 g/mol. The summed E-state index contributed by atoms with van der Waals surface area (Å²) in [5, 5.41) is 11.2. The van der Waals surface area contributed by atoms with Gasteiger partial charge in [0.15, 0.2) is 0 Å². The van der Waals surface area contributed by atoms with Gasteiger partial charge in [0.2, 0.25) is 5.91 Å². The molecule has 0 fully saturated rings. The number of nitro groups is 1. The first-order valence-electron chi connectivity index (χ1n) is 8.49. The van der Waals surface area contributed by atoms with Crippen molar-refractivity contribution in [3.63, 3.8) is 0 Å². The summed E-state index contributed by atoms with van der Waals surface area (Å²) >= 11 is 0. The van der Waals surface area contributed by atoms with Gasteiger partial charge in [-0.25, -0.2) is 0 Å². The third kappa shape index (κ3) is 5.29. The van der Waals surface area contributed by atoms with Gasteiger partial charge < -0.3 is 15.5 Å². The Kier molecular flexibility index (Phi) is 7.11. The number of hydrogen-bond acceptors (Lipinski definition) is 5. The van der Waals surface area contributed by atoms with Crippen LogP contribution in [0.3, 0.4) is 0 Å². The predicted molar refractivity (Wildman–Crippen MR) is 102 cm³/mol. The molecule has 1 amide bonds. The standard InChI is InChI=1S/C19H24N4O3/c1-21(17-9-5-6-10-18(17)23(25)26)15-19(24)22(14-12-20)13-11-16-7-3-2-4-8-16/h2-10H,11-15,20H2,1H3. The highest BCUT2D eigenvalue weighted by Crippen LogP contribution is 2.26. The van der Waals surface area contributed by atoms with Gasteiger partial charge in [-0.2, -0.15) is 0 Å². The molecule has 7 nitrogen and oxygen atoms in total. The average Bonchev–Trinajstić information content (AvgIpc) is 2.65. The van der Waals surface area contributed by atoms with Crippen LogP contribution < -0.4 is 10.6 Å². The number of nitro benzene ring substituents is 1. The Morgan fingerprint density at radius 2 is 1.73 bits per heavy atom. The molecule has 0 aromatic heterocycles. The number of carbonyl (C=O) groups is 1. The third-order valence-corrected chi connectivity index (χ3v) is 4.13. The molecule has 0 unspecified atom stereocenters. The lowest BCUT2D eigenvalue weighted by atomic mass is 10.1. The normalized spacial score (nSPS) is 10.4. The molecule has 0 saturated carbocycles. The van der Waals surface area contributed by atoms with Crippen LogP contribution in [0.1, 0.15) is 5.56 Å². The van der Waals surface area contributed by atoms with Gasteiger partial charge >= 0.3 is 0 Å². The molecule has 138 valence electrons. The second-order valence-corrected chi connectivity index (χ2v) is 6.01. The number of carbonyl (C=O) groups excluding carboxylic acids is 1. The first-order chi connectivity index (χ1) is 12.5. The lowest BCUT2D eigenvalue weighted by molar-refractivity contribution is -0.384. The summed E-state index contributed by atoms with van der Waals surface area (Å²) in [5.74, 6) is -0.105. The van der Waals surface area contributed by atoms with Crippen LogP contribution >= 0.6 is 0 Å². The van der Waals surface area contributed by atoms with Crippen molar-refractivity contribution in [1.29, 1.82) is 0 Å². The van der Waals surface area contributed by atoms with Crippen molar-refractivity contribution in [2.45, 2.75) is 6.42 Å². The van der Waals surface area contributed by atoms with Crippen molar-refractivity contribution >= 4 is 17.3 Å². The molecule has 0 aliphatic heterocycles. The van der Waals surface area contributed by atoms with Crippen molar-refractivity contribution in [2.24, 2.45) is 5.73 Å². The quantitative estimate of drug-likeness (QED) is 0.548. The number of anilines is 1. The fourth-order valence-electron chi connectivity index (χ4n) is 2.76. The van der Waals surface area contributed by atoms with Gasteiger partial charge in [-0.05, 0) is 18.1 Å². The van der Waals surface area contributed by atoms with Crippen LogP contribution in [0.25, 0.3) is 0 Å². The first kappa shape index (κ1) is 19.4. The number of para-hydroxylation sites is 2. The Morgan fingerprint density at radius 1 is 1.08 bits per heavy atom. The Morgan fingerprint density at radius 3 is 2.38 bits per heavy atom. The van der Waals surface area contributed by atoms with Crippen molar-refractivity contribution < 1.29 is 9.72 Å². The molecule has 0 aliphatic carbocycles. The first-order valence-corrected chi connectivity index (χ1v) is 8.49. The number of nitrogens with two attached hydrogens (primary N) is 1. The van der Waals surface area contributed by atoms with Crippen molar-refractivity contribution in [2.75, 3.05) is 38.1 Å². The highest BCUT2D eigenvalue weighted by atomic mass is 16.6. The molecule has 0 saturated heterocycles. The molecule has 26 heavy (non-hydrogen) atoms. The Labute approximate surface area is 153 Å². The number of likely N-dealkylation sites (N-methyl/N-ethyl adjacent to an activating group) is 1. The fourth-order valence-corrected chi connectivity index (χ4v) is 2.76. The summed E-state index contributed by atoms with van der Waals surface area (Å²) < 4.78 is 0. The van der Waals surface area contributed by atoms with Gasteiger partial charge in [-0.3, -0.25) is 14.9 Å². The molecule has 0 bridgehead atoms. The second kappa shape index (κ2) is 9.53. The van der Waals surface area contributed by atoms with Gasteiger partial charge in [-0.15, -0.1) is 0 Å². The van der Waals surface area contributed by atoms with E-state index in [-0.39, 0.29) is 18.1 Å². The Bertz CT molecular complexity index is 737. The maximum absolute atomic E-state index is 12.7. The van der Waals surface area contributed by atoms with Crippen molar-refractivity contribution in [3.8, 4) is 0 Å². The summed E-state index contributed by atoms with van der Waals surface area (Å²) in [5.41, 5.74) is 7.19. The van der Waals surface area contributed by atoms with Crippen LogP contribution in [-0.4, -0.2) is 49.0 Å². The summed E-state index contributed by atoms with van der Waals surface area (Å²) in [6.45, 7) is 1.44. The average molecular weight is 356 g/mol. The maximum Gasteiger partial charge on any atom is 0.292 e. The van der Waals surface area contributed by atoms with Crippen molar-refractivity contribution in [1.82, 2.24) is 4.90 Å². The number of hydrogen-bond donors (Lipinski definition) is 1. The Hall–Kier alpha value is -2.93. The minimum absolute atomic E-state index is 0.0162. The molecular formula is C19H24N4O3. The molecule has 0 radical (unpaired) electrons. The molecular weight excluding hydrogens is 332 g/mol. The van der Waals surface area contributed by atoms with Crippen molar-refractivity contribution in [3.05, 3.63) is 70.3 Å². The zero-order chi connectivity index (χ0) is 18.9. The summed E-state index contributed by atoms with van der Waals surface area (Å²) in [4.78, 5) is 26.7. The van der Waals surface area contributed by atoms with E-state index in [1.165, 1.54) is 6.07 Å². The van der Waals surface area contributed by atoms with Gasteiger partial charge in [0.1, 0.15) is 5.69 Å². The molecule has 0 spiro atoms. The summed E-state index contributed by atoms with van der Waals surface area (Å²) in [6.07, 6.45) is 0.738. The minimum atomic E-state index is -0.441. The van der Waals surface area contributed by atoms with Gasteiger partial charge in [0.25, 0.3) is 5.69 Å². The number of rotatable bonds is 9. The van der Waals surface area contributed by atoms with Crippen LogP contribution in [0.2, 0.25) is 0 Å². The molecule has 0 heterocycles. The van der Waals surface area contributed by atoms with E-state index in [2.05, 4.69) is 0 Å². The van der Waals surface area contributed by atoms with E-state index >= 15 is 0 Å². The minimum Gasteiger partial charge on any atom is -0.360 e. The van der Waals surface area contributed by atoms with Gasteiger partial charge in [0.05, 0.1) is 11.5 Å². The largest absolute Gasteiger partial charge is 0.360 e. The van der Waals surface area contributed by atoms with Gasteiger partial charge in [0, 0.05) is 32.7 Å². The van der Waals surface area contributed by atoms with Crippen LogP contribution in [0.4, 0.5) is 11.4 Å². The van der Waals surface area contributed by atoms with Gasteiger partial charge in [-0.1, -0.05) is 42.5 Å². The SMILES string of the molecule is CN(CC(=O)N(CCN)CCc1ccccc1)c1ccccc1[N+](=O)[O-]. The maximum atomic E-state index is 12.7. The molecule has 2 N–H and O–H groups in total. The summed E-state index contributed by atoms with van der Waals surface area (Å²) in [6, 6.07) is 16.3.